The summed E-state index contributed by atoms with van der Waals surface area (Å²) >= 11 is 0. The van der Waals surface area contributed by atoms with E-state index in [-0.39, 0.29) is 0 Å². The zero-order valence-corrected chi connectivity index (χ0v) is 8.79. The van der Waals surface area contributed by atoms with Crippen LogP contribution in [0.2, 0.25) is 0 Å². The van der Waals surface area contributed by atoms with E-state index in [1.165, 1.54) is 12.8 Å². The highest BCUT2D eigenvalue weighted by Crippen LogP contribution is 2.21. The minimum Gasteiger partial charge on any atom is -0.339 e. The maximum atomic E-state index is 5.18. The van der Waals surface area contributed by atoms with E-state index in [0.29, 0.717) is 12.0 Å². The molecule has 1 aliphatic heterocycles. The van der Waals surface area contributed by atoms with Crippen molar-refractivity contribution in [1.29, 1.82) is 0 Å². The molecule has 1 aromatic rings. The number of piperidine rings is 1. The van der Waals surface area contributed by atoms with Crippen LogP contribution in [0.4, 0.5) is 0 Å². The Morgan fingerprint density at radius 2 is 2.29 bits per heavy atom. The predicted molar refractivity (Wildman–Crippen MR) is 53.0 cm³/mol. The van der Waals surface area contributed by atoms with Gasteiger partial charge in [-0.2, -0.15) is 4.98 Å². The molecule has 2 rings (SSSR count). The number of hydrogen-bond acceptors (Lipinski definition) is 4. The van der Waals surface area contributed by atoms with Crippen molar-refractivity contribution in [2.75, 3.05) is 6.54 Å². The van der Waals surface area contributed by atoms with E-state index >= 15 is 0 Å². The lowest BCUT2D eigenvalue weighted by atomic mass is 10.0. The van der Waals surface area contributed by atoms with Gasteiger partial charge >= 0.3 is 0 Å². The van der Waals surface area contributed by atoms with Gasteiger partial charge in [0.2, 0.25) is 5.89 Å². The van der Waals surface area contributed by atoms with Crippen molar-refractivity contribution < 1.29 is 4.52 Å². The summed E-state index contributed by atoms with van der Waals surface area (Å²) in [6.07, 6.45) is 3.63. The van der Waals surface area contributed by atoms with Gasteiger partial charge in [-0.1, -0.05) is 25.4 Å². The molecular weight excluding hydrogens is 178 g/mol. The Hall–Kier alpha value is -0.900. The largest absolute Gasteiger partial charge is 0.339 e. The molecule has 1 aromatic heterocycles. The molecule has 2 heterocycles. The van der Waals surface area contributed by atoms with E-state index in [0.717, 1.165) is 24.7 Å². The number of nitrogens with one attached hydrogen (secondary N) is 1. The van der Waals surface area contributed by atoms with Crippen LogP contribution in [0.1, 0.15) is 56.8 Å². The van der Waals surface area contributed by atoms with Gasteiger partial charge in [-0.3, -0.25) is 0 Å². The molecule has 0 aliphatic carbocycles. The molecule has 1 saturated heterocycles. The van der Waals surface area contributed by atoms with Crippen LogP contribution in [0.25, 0.3) is 0 Å². The van der Waals surface area contributed by atoms with Gasteiger partial charge in [0.15, 0.2) is 5.82 Å². The van der Waals surface area contributed by atoms with Crippen LogP contribution in [-0.4, -0.2) is 16.7 Å². The first-order valence-corrected chi connectivity index (χ1v) is 5.34. The van der Waals surface area contributed by atoms with Crippen molar-refractivity contribution in [3.63, 3.8) is 0 Å². The van der Waals surface area contributed by atoms with Gasteiger partial charge in [-0.05, 0) is 19.4 Å². The van der Waals surface area contributed by atoms with E-state index in [4.69, 9.17) is 4.52 Å². The molecule has 0 aromatic carbocycles. The van der Waals surface area contributed by atoms with E-state index in [9.17, 15) is 0 Å². The predicted octanol–water partition coefficient (Wildman–Crippen LogP) is 2.01. The number of hydrogen-bond donors (Lipinski definition) is 1. The molecule has 78 valence electrons. The van der Waals surface area contributed by atoms with Gasteiger partial charge in [-0.15, -0.1) is 0 Å². The molecule has 1 N–H and O–H groups in total. The summed E-state index contributed by atoms with van der Waals surface area (Å²) in [7, 11) is 0. The maximum absolute atomic E-state index is 5.18. The first-order chi connectivity index (χ1) is 6.77. The van der Waals surface area contributed by atoms with Gasteiger partial charge in [0.25, 0.3) is 0 Å². The van der Waals surface area contributed by atoms with Crippen LogP contribution >= 0.6 is 0 Å². The Balaban J connectivity index is 2.07. The first kappa shape index (κ1) is 9.65. The zero-order valence-electron chi connectivity index (χ0n) is 8.79. The van der Waals surface area contributed by atoms with Gasteiger partial charge in [0.1, 0.15) is 0 Å². The molecule has 0 bridgehead atoms. The van der Waals surface area contributed by atoms with Crippen LogP contribution in [-0.2, 0) is 0 Å². The second kappa shape index (κ2) is 4.09. The summed E-state index contributed by atoms with van der Waals surface area (Å²) < 4.78 is 5.18. The molecule has 1 atom stereocenters. The highest BCUT2D eigenvalue weighted by Gasteiger charge is 2.20. The van der Waals surface area contributed by atoms with Crippen molar-refractivity contribution in [2.24, 2.45) is 0 Å². The average Bonchev–Trinajstić information content (AvgIpc) is 2.68. The molecule has 14 heavy (non-hydrogen) atoms. The van der Waals surface area contributed by atoms with Gasteiger partial charge in [0, 0.05) is 5.92 Å². The van der Waals surface area contributed by atoms with E-state index in [1.54, 1.807) is 0 Å². The summed E-state index contributed by atoms with van der Waals surface area (Å²) in [4.78, 5) is 4.39. The van der Waals surface area contributed by atoms with Crippen LogP contribution in [0.5, 0.6) is 0 Å². The highest BCUT2D eigenvalue weighted by atomic mass is 16.5. The number of nitrogens with zero attached hydrogens (tertiary/aromatic N) is 2. The van der Waals surface area contributed by atoms with E-state index < -0.39 is 0 Å². The Morgan fingerprint density at radius 1 is 1.43 bits per heavy atom. The van der Waals surface area contributed by atoms with Crippen LogP contribution in [0.3, 0.4) is 0 Å². The van der Waals surface area contributed by atoms with E-state index in [2.05, 4.69) is 29.3 Å². The van der Waals surface area contributed by atoms with Crippen molar-refractivity contribution in [3.8, 4) is 0 Å². The Kier molecular flexibility index (Phi) is 2.82. The van der Waals surface area contributed by atoms with Crippen molar-refractivity contribution in [2.45, 2.75) is 45.1 Å². The summed E-state index contributed by atoms with van der Waals surface area (Å²) in [5.41, 5.74) is 0. The summed E-state index contributed by atoms with van der Waals surface area (Å²) in [6.45, 7) is 5.19. The maximum Gasteiger partial charge on any atom is 0.229 e. The molecule has 4 heteroatoms. The minimum absolute atomic E-state index is 0.306. The molecule has 0 radical (unpaired) electrons. The molecule has 1 unspecified atom stereocenters. The lowest BCUT2D eigenvalue weighted by Crippen LogP contribution is -2.27. The molecule has 1 aliphatic rings. The Morgan fingerprint density at radius 3 is 2.86 bits per heavy atom. The fourth-order valence-corrected chi connectivity index (χ4v) is 1.70. The second-order valence-corrected chi connectivity index (χ2v) is 4.15. The zero-order chi connectivity index (χ0) is 9.97. The molecule has 0 saturated carbocycles. The topological polar surface area (TPSA) is 51.0 Å². The van der Waals surface area contributed by atoms with E-state index in [1.807, 2.05) is 0 Å². The Labute approximate surface area is 84.1 Å². The average molecular weight is 195 g/mol. The third-order valence-corrected chi connectivity index (χ3v) is 2.57. The lowest BCUT2D eigenvalue weighted by Gasteiger charge is -2.19. The fourth-order valence-electron chi connectivity index (χ4n) is 1.70. The van der Waals surface area contributed by atoms with Crippen molar-refractivity contribution >= 4 is 0 Å². The van der Waals surface area contributed by atoms with Crippen molar-refractivity contribution in [3.05, 3.63) is 11.7 Å². The highest BCUT2D eigenvalue weighted by molar-refractivity contribution is 4.97. The quantitative estimate of drug-likeness (QED) is 0.784. The van der Waals surface area contributed by atoms with Crippen LogP contribution < -0.4 is 5.32 Å². The molecule has 1 fully saturated rings. The standard InChI is InChI=1S/C10H17N3O/c1-7(2)10-12-9(13-14-10)8-5-3-4-6-11-8/h7-8,11H,3-6H2,1-2H3. The number of aromatic nitrogens is 2. The first-order valence-electron chi connectivity index (χ1n) is 5.34. The van der Waals surface area contributed by atoms with Gasteiger partial charge < -0.3 is 9.84 Å². The molecular formula is C10H17N3O. The molecule has 4 nitrogen and oxygen atoms in total. The minimum atomic E-state index is 0.306. The monoisotopic (exact) mass is 195 g/mol. The van der Waals surface area contributed by atoms with Crippen LogP contribution in [0.15, 0.2) is 4.52 Å². The van der Waals surface area contributed by atoms with Crippen molar-refractivity contribution in [1.82, 2.24) is 15.5 Å². The summed E-state index contributed by atoms with van der Waals surface area (Å²) in [5, 5.41) is 7.42. The summed E-state index contributed by atoms with van der Waals surface area (Å²) in [5.74, 6) is 1.89. The normalized spacial score (nSPS) is 22.9. The van der Waals surface area contributed by atoms with Crippen LogP contribution in [0, 0.1) is 0 Å². The summed E-state index contributed by atoms with van der Waals surface area (Å²) in [6, 6.07) is 0.306. The second-order valence-electron chi connectivity index (χ2n) is 4.15. The molecule has 0 spiro atoms. The fraction of sp³-hybridized carbons (Fsp3) is 0.800. The van der Waals surface area contributed by atoms with Gasteiger partial charge in [-0.25, -0.2) is 0 Å². The smallest absolute Gasteiger partial charge is 0.229 e. The lowest BCUT2D eigenvalue weighted by molar-refractivity contribution is 0.341. The molecule has 0 amide bonds. The SMILES string of the molecule is CC(C)c1nc(C2CCCCN2)no1. The third-order valence-electron chi connectivity index (χ3n) is 2.57. The number of rotatable bonds is 2. The Bertz CT molecular complexity index is 289. The third kappa shape index (κ3) is 1.95. The van der Waals surface area contributed by atoms with Gasteiger partial charge in [0.05, 0.1) is 6.04 Å².